The highest BCUT2D eigenvalue weighted by Crippen LogP contribution is 2.30. The van der Waals surface area contributed by atoms with Gasteiger partial charge < -0.3 is 15.5 Å². The van der Waals surface area contributed by atoms with Crippen molar-refractivity contribution >= 4 is 5.96 Å². The Morgan fingerprint density at radius 1 is 1.07 bits per heavy atom. The van der Waals surface area contributed by atoms with Gasteiger partial charge in [-0.15, -0.1) is 0 Å². The van der Waals surface area contributed by atoms with Gasteiger partial charge in [0, 0.05) is 25.2 Å². The van der Waals surface area contributed by atoms with Gasteiger partial charge in [-0.3, -0.25) is 9.89 Å². The third-order valence-corrected chi connectivity index (χ3v) is 6.85. The molecule has 0 saturated carbocycles. The van der Waals surface area contributed by atoms with Crippen LogP contribution >= 0.6 is 0 Å². The molecule has 5 heteroatoms. The van der Waals surface area contributed by atoms with Crippen LogP contribution in [0.4, 0.5) is 0 Å². The molecular weight excluding hydrogens is 358 g/mol. The highest BCUT2D eigenvalue weighted by molar-refractivity contribution is 5.80. The van der Waals surface area contributed by atoms with Crippen molar-refractivity contribution in [1.82, 2.24) is 20.4 Å². The lowest BCUT2D eigenvalue weighted by atomic mass is 9.84. The normalized spacial score (nSPS) is 22.2. The Balaban J connectivity index is 1.52. The highest BCUT2D eigenvalue weighted by atomic mass is 15.3. The van der Waals surface area contributed by atoms with Crippen molar-refractivity contribution in [3.63, 3.8) is 0 Å². The van der Waals surface area contributed by atoms with Crippen molar-refractivity contribution in [2.45, 2.75) is 63.5 Å². The average Bonchev–Trinajstić information content (AvgIpc) is 2.78. The molecular formula is C24H41N5. The summed E-state index contributed by atoms with van der Waals surface area (Å²) in [5, 5.41) is 7.32. The summed E-state index contributed by atoms with van der Waals surface area (Å²) in [6.45, 7) is 8.14. The predicted molar refractivity (Wildman–Crippen MR) is 124 cm³/mol. The van der Waals surface area contributed by atoms with Crippen LogP contribution in [0.5, 0.6) is 0 Å². The number of benzene rings is 1. The Hall–Kier alpha value is -1.59. The first-order valence-corrected chi connectivity index (χ1v) is 11.6. The molecule has 2 fully saturated rings. The summed E-state index contributed by atoms with van der Waals surface area (Å²) < 4.78 is 0. The van der Waals surface area contributed by atoms with Crippen molar-refractivity contribution in [2.75, 3.05) is 46.8 Å². The van der Waals surface area contributed by atoms with E-state index in [-0.39, 0.29) is 5.54 Å². The van der Waals surface area contributed by atoms with Crippen LogP contribution in [0.25, 0.3) is 0 Å². The van der Waals surface area contributed by atoms with Gasteiger partial charge in [0.25, 0.3) is 0 Å². The molecule has 0 aromatic heterocycles. The quantitative estimate of drug-likeness (QED) is 0.546. The molecule has 1 unspecified atom stereocenters. The molecule has 0 aliphatic carbocycles. The fourth-order valence-corrected chi connectivity index (χ4v) is 4.78. The summed E-state index contributed by atoms with van der Waals surface area (Å²) in [7, 11) is 4.14. The highest BCUT2D eigenvalue weighted by Gasteiger charge is 2.39. The molecule has 162 valence electrons. The Morgan fingerprint density at radius 3 is 2.41 bits per heavy atom. The fourth-order valence-electron chi connectivity index (χ4n) is 4.78. The number of guanidine groups is 1. The predicted octanol–water partition coefficient (Wildman–Crippen LogP) is 3.12. The van der Waals surface area contributed by atoms with E-state index >= 15 is 0 Å². The third kappa shape index (κ3) is 6.45. The number of nitrogens with one attached hydrogen (secondary N) is 2. The number of aliphatic imine (C=N–C) groups is 1. The molecule has 1 aromatic rings. The average molecular weight is 400 g/mol. The van der Waals surface area contributed by atoms with Crippen molar-refractivity contribution in [3.8, 4) is 0 Å². The Bertz CT molecular complexity index is 615. The van der Waals surface area contributed by atoms with E-state index in [0.717, 1.165) is 25.3 Å². The summed E-state index contributed by atoms with van der Waals surface area (Å²) in [6, 6.07) is 11.1. The number of aryl methyl sites for hydroxylation is 1. The maximum atomic E-state index is 4.52. The summed E-state index contributed by atoms with van der Waals surface area (Å²) in [4.78, 5) is 9.78. The van der Waals surface area contributed by atoms with Crippen LogP contribution < -0.4 is 10.6 Å². The van der Waals surface area contributed by atoms with Gasteiger partial charge in [0.1, 0.15) is 0 Å². The minimum absolute atomic E-state index is 0.276. The van der Waals surface area contributed by atoms with Gasteiger partial charge in [-0.2, -0.15) is 0 Å². The lowest BCUT2D eigenvalue weighted by molar-refractivity contribution is 0.0173. The minimum Gasteiger partial charge on any atom is -0.355 e. The molecule has 2 saturated heterocycles. The van der Waals surface area contributed by atoms with E-state index in [0.29, 0.717) is 6.04 Å². The first-order valence-electron chi connectivity index (χ1n) is 11.6. The smallest absolute Gasteiger partial charge is 0.191 e. The van der Waals surface area contributed by atoms with Crippen LogP contribution in [-0.4, -0.2) is 74.2 Å². The van der Waals surface area contributed by atoms with Crippen molar-refractivity contribution in [1.29, 1.82) is 0 Å². The van der Waals surface area contributed by atoms with E-state index in [9.17, 15) is 0 Å². The van der Waals surface area contributed by atoms with Gasteiger partial charge in [0.15, 0.2) is 5.96 Å². The number of hydrogen-bond acceptors (Lipinski definition) is 3. The van der Waals surface area contributed by atoms with E-state index in [1.807, 2.05) is 7.05 Å². The molecule has 0 spiro atoms. The Kier molecular flexibility index (Phi) is 8.37. The first kappa shape index (κ1) is 22.1. The fraction of sp³-hybridized carbons (Fsp3) is 0.708. The molecule has 29 heavy (non-hydrogen) atoms. The van der Waals surface area contributed by atoms with Gasteiger partial charge in [0.05, 0.1) is 0 Å². The molecule has 0 radical (unpaired) electrons. The monoisotopic (exact) mass is 399 g/mol. The molecule has 3 rings (SSSR count). The molecule has 0 amide bonds. The maximum Gasteiger partial charge on any atom is 0.191 e. The van der Waals surface area contributed by atoms with E-state index in [4.69, 9.17) is 0 Å². The van der Waals surface area contributed by atoms with Crippen LogP contribution in [0.3, 0.4) is 0 Å². The van der Waals surface area contributed by atoms with Crippen molar-refractivity contribution in [2.24, 2.45) is 4.99 Å². The zero-order chi connectivity index (χ0) is 20.5. The number of hydrogen-bond donors (Lipinski definition) is 2. The van der Waals surface area contributed by atoms with Gasteiger partial charge in [-0.25, -0.2) is 0 Å². The molecule has 2 aliphatic rings. The number of rotatable bonds is 7. The lowest BCUT2D eigenvalue weighted by Gasteiger charge is -2.50. The minimum atomic E-state index is 0.276. The standard InChI is InChI=1S/C24H41N5/c1-21(12-13-22-10-6-4-7-11-22)27-23(25-2)26-20-24(14-18-28(3)19-15-24)29-16-8-5-9-17-29/h4,6-7,10-11,21H,5,8-9,12-20H2,1-3H3,(H2,25,26,27). The third-order valence-electron chi connectivity index (χ3n) is 6.85. The molecule has 0 bridgehead atoms. The zero-order valence-electron chi connectivity index (χ0n) is 18.8. The lowest BCUT2D eigenvalue weighted by Crippen LogP contribution is -2.62. The zero-order valence-corrected chi connectivity index (χ0v) is 18.8. The molecule has 2 N–H and O–H groups in total. The molecule has 1 aromatic carbocycles. The second-order valence-electron chi connectivity index (χ2n) is 9.07. The molecule has 5 nitrogen and oxygen atoms in total. The van der Waals surface area contributed by atoms with E-state index in [1.165, 1.54) is 63.8 Å². The van der Waals surface area contributed by atoms with Crippen LogP contribution in [-0.2, 0) is 6.42 Å². The first-order chi connectivity index (χ1) is 14.1. The Morgan fingerprint density at radius 2 is 1.76 bits per heavy atom. The van der Waals surface area contributed by atoms with E-state index in [1.54, 1.807) is 0 Å². The van der Waals surface area contributed by atoms with Gasteiger partial charge in [-0.05, 0) is 84.2 Å². The number of likely N-dealkylation sites (tertiary alicyclic amines) is 2. The van der Waals surface area contributed by atoms with Gasteiger partial charge in [-0.1, -0.05) is 36.8 Å². The van der Waals surface area contributed by atoms with E-state index < -0.39 is 0 Å². The van der Waals surface area contributed by atoms with Gasteiger partial charge in [0.2, 0.25) is 0 Å². The van der Waals surface area contributed by atoms with Crippen molar-refractivity contribution < 1.29 is 0 Å². The van der Waals surface area contributed by atoms with Crippen molar-refractivity contribution in [3.05, 3.63) is 35.9 Å². The summed E-state index contributed by atoms with van der Waals surface area (Å²) >= 11 is 0. The second kappa shape index (κ2) is 11.0. The molecule has 1 atom stereocenters. The number of piperidine rings is 2. The largest absolute Gasteiger partial charge is 0.355 e. The Labute approximate surface area is 178 Å². The topological polar surface area (TPSA) is 42.9 Å². The van der Waals surface area contributed by atoms with Crippen LogP contribution in [0.1, 0.15) is 51.0 Å². The summed E-state index contributed by atoms with van der Waals surface area (Å²) in [5.74, 6) is 0.945. The van der Waals surface area contributed by atoms with Crippen LogP contribution in [0, 0.1) is 0 Å². The van der Waals surface area contributed by atoms with Crippen LogP contribution in [0.2, 0.25) is 0 Å². The maximum absolute atomic E-state index is 4.52. The molecule has 2 heterocycles. The number of nitrogens with zero attached hydrogens (tertiary/aromatic N) is 3. The van der Waals surface area contributed by atoms with Gasteiger partial charge >= 0.3 is 0 Å². The van der Waals surface area contributed by atoms with E-state index in [2.05, 4.69) is 69.7 Å². The summed E-state index contributed by atoms with van der Waals surface area (Å²) in [6.07, 6.45) is 8.78. The molecule has 2 aliphatic heterocycles. The SMILES string of the molecule is CN=C(NCC1(N2CCCCC2)CCN(C)CC1)NC(C)CCc1ccccc1. The summed E-state index contributed by atoms with van der Waals surface area (Å²) in [5.41, 5.74) is 1.68. The van der Waals surface area contributed by atoms with Crippen LogP contribution in [0.15, 0.2) is 35.3 Å². The second-order valence-corrected chi connectivity index (χ2v) is 9.07.